The van der Waals surface area contributed by atoms with Gasteiger partial charge in [0, 0.05) is 24.7 Å². The second kappa shape index (κ2) is 6.05. The fourth-order valence-electron chi connectivity index (χ4n) is 1.40. The Morgan fingerprint density at radius 1 is 1.40 bits per heavy atom. The van der Waals surface area contributed by atoms with Gasteiger partial charge in [0.1, 0.15) is 5.82 Å². The van der Waals surface area contributed by atoms with E-state index in [1.54, 1.807) is 6.07 Å². The summed E-state index contributed by atoms with van der Waals surface area (Å²) in [6.45, 7) is 2.54. The molecule has 1 rings (SSSR count). The molecule has 0 bridgehead atoms. The van der Waals surface area contributed by atoms with Crippen LogP contribution in [0.5, 0.6) is 0 Å². The molecule has 15 heavy (non-hydrogen) atoms. The zero-order valence-electron chi connectivity index (χ0n) is 9.06. The van der Waals surface area contributed by atoms with Gasteiger partial charge in [0.2, 0.25) is 0 Å². The van der Waals surface area contributed by atoms with Crippen molar-refractivity contribution in [2.24, 2.45) is 0 Å². The Labute approximate surface area is 95.0 Å². The van der Waals surface area contributed by atoms with E-state index in [1.807, 2.05) is 14.1 Å². The lowest BCUT2D eigenvalue weighted by molar-refractivity contribution is 0.327. The van der Waals surface area contributed by atoms with Gasteiger partial charge in [-0.05, 0) is 37.9 Å². The maximum absolute atomic E-state index is 13.0. The molecule has 0 atom stereocenters. The molecular weight excluding hydrogens is 215 g/mol. The molecule has 0 saturated heterocycles. The summed E-state index contributed by atoms with van der Waals surface area (Å²) in [6, 6.07) is 4.63. The van der Waals surface area contributed by atoms with Crippen molar-refractivity contribution in [3.8, 4) is 0 Å². The number of rotatable bonds is 5. The van der Waals surface area contributed by atoms with Gasteiger partial charge >= 0.3 is 0 Å². The Balaban J connectivity index is 2.56. The zero-order chi connectivity index (χ0) is 11.3. The molecule has 0 fully saturated rings. The third-order valence-corrected chi connectivity index (χ3v) is 2.34. The number of halogens is 2. The van der Waals surface area contributed by atoms with Gasteiger partial charge in [0.05, 0.1) is 0 Å². The van der Waals surface area contributed by atoms with Crippen molar-refractivity contribution in [2.45, 2.75) is 6.54 Å². The number of likely N-dealkylation sites (N-methyl/N-ethyl adjacent to an activating group) is 2. The molecule has 0 aliphatic heterocycles. The third-order valence-electron chi connectivity index (χ3n) is 2.12. The number of hydrogen-bond donors (Lipinski definition) is 1. The quantitative estimate of drug-likeness (QED) is 0.834. The minimum absolute atomic E-state index is 0.278. The molecule has 1 aromatic rings. The van der Waals surface area contributed by atoms with E-state index in [0.29, 0.717) is 11.6 Å². The van der Waals surface area contributed by atoms with Crippen molar-refractivity contribution in [3.63, 3.8) is 0 Å². The highest BCUT2D eigenvalue weighted by atomic mass is 35.5. The number of nitrogens with zero attached hydrogens (tertiary/aromatic N) is 1. The van der Waals surface area contributed by atoms with Gasteiger partial charge in [-0.25, -0.2) is 4.39 Å². The molecule has 0 aromatic heterocycles. The largest absolute Gasteiger partial charge is 0.318 e. The van der Waals surface area contributed by atoms with Gasteiger partial charge in [0.25, 0.3) is 0 Å². The summed E-state index contributed by atoms with van der Waals surface area (Å²) in [6.07, 6.45) is 0. The molecule has 2 nitrogen and oxygen atoms in total. The van der Waals surface area contributed by atoms with Crippen molar-refractivity contribution in [2.75, 3.05) is 27.2 Å². The van der Waals surface area contributed by atoms with Crippen LogP contribution >= 0.6 is 11.6 Å². The van der Waals surface area contributed by atoms with E-state index in [-0.39, 0.29) is 5.82 Å². The van der Waals surface area contributed by atoms with Gasteiger partial charge in [-0.3, -0.25) is 0 Å². The molecule has 4 heteroatoms. The summed E-state index contributed by atoms with van der Waals surface area (Å²) in [7, 11) is 3.91. The molecular formula is C11H16ClFN2. The Bertz CT molecular complexity index is 297. The summed E-state index contributed by atoms with van der Waals surface area (Å²) < 4.78 is 13.0. The maximum atomic E-state index is 13.0. The maximum Gasteiger partial charge on any atom is 0.125 e. The molecule has 0 aliphatic rings. The molecule has 0 heterocycles. The Hall–Kier alpha value is -0.640. The highest BCUT2D eigenvalue weighted by molar-refractivity contribution is 6.30. The van der Waals surface area contributed by atoms with Gasteiger partial charge < -0.3 is 10.2 Å². The fourth-order valence-corrected chi connectivity index (χ4v) is 1.64. The third kappa shape index (κ3) is 4.60. The van der Waals surface area contributed by atoms with E-state index < -0.39 is 0 Å². The van der Waals surface area contributed by atoms with Gasteiger partial charge in [0.15, 0.2) is 0 Å². The Kier molecular flexibility index (Phi) is 5.02. The highest BCUT2D eigenvalue weighted by Crippen LogP contribution is 2.15. The van der Waals surface area contributed by atoms with E-state index in [2.05, 4.69) is 10.2 Å². The number of hydrogen-bond acceptors (Lipinski definition) is 2. The van der Waals surface area contributed by atoms with Crippen LogP contribution < -0.4 is 5.32 Å². The first-order chi connectivity index (χ1) is 7.11. The van der Waals surface area contributed by atoms with Crippen LogP contribution in [0.2, 0.25) is 5.02 Å². The Morgan fingerprint density at radius 3 is 2.73 bits per heavy atom. The summed E-state index contributed by atoms with van der Waals surface area (Å²) >= 11 is 5.77. The predicted molar refractivity (Wildman–Crippen MR) is 61.7 cm³/mol. The highest BCUT2D eigenvalue weighted by Gasteiger charge is 2.02. The van der Waals surface area contributed by atoms with E-state index >= 15 is 0 Å². The molecule has 0 unspecified atom stereocenters. The van der Waals surface area contributed by atoms with E-state index in [0.717, 1.165) is 18.7 Å². The molecule has 84 valence electrons. The molecule has 0 spiro atoms. The SMILES string of the molecule is CNCCN(C)Cc1cc(F)cc(Cl)c1. The number of nitrogens with one attached hydrogen (secondary N) is 1. The average molecular weight is 231 g/mol. The first-order valence-corrected chi connectivity index (χ1v) is 5.27. The lowest BCUT2D eigenvalue weighted by Gasteiger charge is -2.16. The molecule has 0 aliphatic carbocycles. The summed E-state index contributed by atoms with van der Waals surface area (Å²) in [5.74, 6) is -0.278. The minimum atomic E-state index is -0.278. The number of benzene rings is 1. The van der Waals surface area contributed by atoms with Crippen molar-refractivity contribution in [1.29, 1.82) is 0 Å². The van der Waals surface area contributed by atoms with Crippen LogP contribution in [0.4, 0.5) is 4.39 Å². The lowest BCUT2D eigenvalue weighted by Crippen LogP contribution is -2.26. The van der Waals surface area contributed by atoms with Crippen LogP contribution in [0.1, 0.15) is 5.56 Å². The lowest BCUT2D eigenvalue weighted by atomic mass is 10.2. The fraction of sp³-hybridized carbons (Fsp3) is 0.455. The van der Waals surface area contributed by atoms with Gasteiger partial charge in [-0.15, -0.1) is 0 Å². The van der Waals surface area contributed by atoms with Crippen LogP contribution in [0.3, 0.4) is 0 Å². The Morgan fingerprint density at radius 2 is 2.13 bits per heavy atom. The van der Waals surface area contributed by atoms with E-state index in [4.69, 9.17) is 11.6 Å². The summed E-state index contributed by atoms with van der Waals surface area (Å²) in [5.41, 5.74) is 0.901. The van der Waals surface area contributed by atoms with Crippen LogP contribution in [0.25, 0.3) is 0 Å². The smallest absolute Gasteiger partial charge is 0.125 e. The molecule has 0 radical (unpaired) electrons. The van der Waals surface area contributed by atoms with Crippen LogP contribution in [-0.4, -0.2) is 32.1 Å². The average Bonchev–Trinajstić information content (AvgIpc) is 2.13. The first-order valence-electron chi connectivity index (χ1n) is 4.90. The van der Waals surface area contributed by atoms with Crippen molar-refractivity contribution >= 4 is 11.6 Å². The molecule has 0 amide bonds. The second-order valence-electron chi connectivity index (χ2n) is 3.62. The van der Waals surface area contributed by atoms with Crippen LogP contribution in [0.15, 0.2) is 18.2 Å². The van der Waals surface area contributed by atoms with E-state index in [9.17, 15) is 4.39 Å². The van der Waals surface area contributed by atoms with Crippen molar-refractivity contribution in [3.05, 3.63) is 34.6 Å². The minimum Gasteiger partial charge on any atom is -0.318 e. The molecule has 1 N–H and O–H groups in total. The first kappa shape index (κ1) is 12.4. The van der Waals surface area contributed by atoms with Gasteiger partial charge in [-0.2, -0.15) is 0 Å². The van der Waals surface area contributed by atoms with Crippen LogP contribution in [0, 0.1) is 5.82 Å². The van der Waals surface area contributed by atoms with Crippen LogP contribution in [-0.2, 0) is 6.54 Å². The van der Waals surface area contributed by atoms with Gasteiger partial charge in [-0.1, -0.05) is 11.6 Å². The second-order valence-corrected chi connectivity index (χ2v) is 4.06. The van der Waals surface area contributed by atoms with Crippen molar-refractivity contribution < 1.29 is 4.39 Å². The van der Waals surface area contributed by atoms with E-state index in [1.165, 1.54) is 12.1 Å². The monoisotopic (exact) mass is 230 g/mol. The zero-order valence-corrected chi connectivity index (χ0v) is 9.81. The predicted octanol–water partition coefficient (Wildman–Crippen LogP) is 2.13. The topological polar surface area (TPSA) is 15.3 Å². The summed E-state index contributed by atoms with van der Waals surface area (Å²) in [4.78, 5) is 2.11. The van der Waals surface area contributed by atoms with Crippen molar-refractivity contribution in [1.82, 2.24) is 10.2 Å². The molecule has 1 aromatic carbocycles. The molecule has 0 saturated carbocycles. The normalized spacial score (nSPS) is 11.0. The standard InChI is InChI=1S/C11H16ClFN2/c1-14-3-4-15(2)8-9-5-10(12)7-11(13)6-9/h5-7,14H,3-4,8H2,1-2H3. The summed E-state index contributed by atoms with van der Waals surface area (Å²) in [5, 5.41) is 3.52.